The van der Waals surface area contributed by atoms with Crippen molar-refractivity contribution in [1.82, 2.24) is 19.5 Å². The van der Waals surface area contributed by atoms with Crippen molar-refractivity contribution < 1.29 is 59.3 Å². The summed E-state index contributed by atoms with van der Waals surface area (Å²) in [7, 11) is -4.16. The van der Waals surface area contributed by atoms with Gasteiger partial charge in [0.2, 0.25) is 0 Å². The fourth-order valence-electron chi connectivity index (χ4n) is 2.71. The number of aromatic nitrogens is 4. The number of hydrogen-bond acceptors (Lipinski definition) is 9. The van der Waals surface area contributed by atoms with E-state index in [2.05, 4.69) is 15.0 Å². The predicted molar refractivity (Wildman–Crippen MR) is 71.4 cm³/mol. The molecular formula is C10H13N5NaO6P. The van der Waals surface area contributed by atoms with E-state index in [0.29, 0.717) is 11.2 Å². The predicted octanol–water partition coefficient (Wildman–Crippen LogP) is -3.70. The molecule has 5 atom stereocenters. The van der Waals surface area contributed by atoms with Crippen LogP contribution in [0.2, 0.25) is 0 Å². The molecule has 0 aromatic carbocycles. The molecule has 5 unspecified atom stereocenters. The van der Waals surface area contributed by atoms with E-state index in [-0.39, 0.29) is 43.4 Å². The zero-order valence-electron chi connectivity index (χ0n) is 13.0. The summed E-state index contributed by atoms with van der Waals surface area (Å²) in [6, 6.07) is 0. The molecule has 0 spiro atoms. The van der Waals surface area contributed by atoms with Crippen LogP contribution in [0.15, 0.2) is 12.7 Å². The number of ether oxygens (including phenoxy) is 1. The molecular weight excluding hydrogens is 340 g/mol. The van der Waals surface area contributed by atoms with Gasteiger partial charge in [-0.3, -0.25) is 13.6 Å². The van der Waals surface area contributed by atoms with Crippen LogP contribution in [0.4, 0.5) is 5.82 Å². The fourth-order valence-corrected chi connectivity index (χ4v) is 3.85. The summed E-state index contributed by atoms with van der Waals surface area (Å²) >= 11 is 0. The van der Waals surface area contributed by atoms with Gasteiger partial charge in [-0.25, -0.2) is 19.5 Å². The summed E-state index contributed by atoms with van der Waals surface area (Å²) in [5.41, 5.74) is 6.49. The van der Waals surface area contributed by atoms with Crippen LogP contribution in [0.1, 0.15) is 7.65 Å². The van der Waals surface area contributed by atoms with Gasteiger partial charge in [-0.1, -0.05) is 0 Å². The molecule has 23 heavy (non-hydrogen) atoms. The van der Waals surface area contributed by atoms with Crippen LogP contribution >= 0.6 is 7.82 Å². The van der Waals surface area contributed by atoms with E-state index in [4.69, 9.17) is 19.5 Å². The van der Waals surface area contributed by atoms with Gasteiger partial charge in [0.25, 0.3) is 0 Å². The third-order valence-electron chi connectivity index (χ3n) is 3.64. The number of aliphatic hydroxyl groups is 1. The van der Waals surface area contributed by atoms with Gasteiger partial charge in [0.05, 0.1) is 12.9 Å². The number of nitrogens with zero attached hydrogens (tertiary/aromatic N) is 4. The fraction of sp³-hybridized carbons (Fsp3) is 0.500. The van der Waals surface area contributed by atoms with Crippen LogP contribution in [-0.4, -0.2) is 54.4 Å². The Morgan fingerprint density at radius 3 is 2.83 bits per heavy atom. The first-order valence-electron chi connectivity index (χ1n) is 6.39. The van der Waals surface area contributed by atoms with Crippen molar-refractivity contribution in [2.45, 2.75) is 24.5 Å². The van der Waals surface area contributed by atoms with Gasteiger partial charge in [0, 0.05) is 0 Å². The molecule has 0 amide bonds. The summed E-state index contributed by atoms with van der Waals surface area (Å²) in [5, 5.41) is 9.35. The van der Waals surface area contributed by atoms with Crippen molar-refractivity contribution in [3.63, 3.8) is 0 Å². The monoisotopic (exact) mass is 353 g/mol. The van der Waals surface area contributed by atoms with E-state index in [1.165, 1.54) is 17.2 Å². The van der Waals surface area contributed by atoms with Gasteiger partial charge >= 0.3 is 37.4 Å². The second kappa shape index (κ2) is 6.03. The summed E-state index contributed by atoms with van der Waals surface area (Å²) in [5.74, 6) is 0.202. The van der Waals surface area contributed by atoms with E-state index in [1.807, 2.05) is 0 Å². The van der Waals surface area contributed by atoms with Crippen molar-refractivity contribution in [2.75, 3.05) is 12.3 Å². The molecule has 13 heteroatoms. The Morgan fingerprint density at radius 1 is 1.35 bits per heavy atom. The number of aliphatic hydroxyl groups excluding tert-OH is 1. The van der Waals surface area contributed by atoms with Crippen LogP contribution in [-0.2, 0) is 18.3 Å². The molecule has 2 aromatic heterocycles. The Morgan fingerprint density at radius 2 is 2.09 bits per heavy atom. The van der Waals surface area contributed by atoms with E-state index in [1.54, 1.807) is 0 Å². The van der Waals surface area contributed by atoms with Crippen molar-refractivity contribution in [1.29, 1.82) is 0 Å². The van der Waals surface area contributed by atoms with Crippen LogP contribution in [0.5, 0.6) is 0 Å². The van der Waals surface area contributed by atoms with Gasteiger partial charge in [-0.05, 0) is 0 Å². The number of anilines is 1. The second-order valence-corrected chi connectivity index (χ2v) is 6.30. The molecule has 0 bridgehead atoms. The molecule has 4 N–H and O–H groups in total. The number of imidazole rings is 1. The van der Waals surface area contributed by atoms with E-state index in [9.17, 15) is 14.6 Å². The number of phosphoric ester groups is 1. The average Bonchev–Trinajstić information content (AvgIpc) is 3.10. The molecule has 0 aliphatic carbocycles. The van der Waals surface area contributed by atoms with Crippen molar-refractivity contribution in [3.05, 3.63) is 12.7 Å². The molecule has 0 radical (unpaired) electrons. The third kappa shape index (κ3) is 2.72. The number of fused-ring (bicyclic) bond motifs is 2. The van der Waals surface area contributed by atoms with Crippen molar-refractivity contribution in [3.8, 4) is 0 Å². The van der Waals surface area contributed by atoms with Gasteiger partial charge in [0.15, 0.2) is 17.7 Å². The third-order valence-corrected chi connectivity index (χ3v) is 4.66. The zero-order valence-corrected chi connectivity index (χ0v) is 14.9. The van der Waals surface area contributed by atoms with Gasteiger partial charge in [0.1, 0.15) is 30.2 Å². The molecule has 2 aromatic rings. The minimum absolute atomic E-state index is 0. The summed E-state index contributed by atoms with van der Waals surface area (Å²) < 4.78 is 28.8. The van der Waals surface area contributed by atoms with Crippen LogP contribution in [0.25, 0.3) is 11.2 Å². The molecule has 0 saturated carbocycles. The maximum atomic E-state index is 11.6. The molecule has 4 rings (SSSR count). The molecule has 2 saturated heterocycles. The quantitative estimate of drug-likeness (QED) is 0.363. The SMILES string of the molecule is Nc1ncnc2c1ncn2C1OC(CO)C2OP(=O)(O)OC21.[H-].[Na+]. The van der Waals surface area contributed by atoms with Crippen LogP contribution in [0.3, 0.4) is 0 Å². The van der Waals surface area contributed by atoms with Gasteiger partial charge in [-0.2, -0.15) is 0 Å². The first-order chi connectivity index (χ1) is 10.5. The molecule has 2 aliphatic rings. The summed E-state index contributed by atoms with van der Waals surface area (Å²) in [6.45, 7) is -0.384. The first kappa shape index (κ1) is 17.2. The normalized spacial score (nSPS) is 36.1. The average molecular weight is 353 g/mol. The number of nitrogen functional groups attached to an aromatic ring is 1. The standard InChI is InChI=1S/C10H12N5O6P.Na.H/c11-8-5-9(13-2-12-8)15(3-14-5)10-7-6(4(1-16)19-10)20-22(17,18)21-7;;/h2-4,6-7,10,16H,1H2,(H,17,18)(H2,11,12,13);;/q;+1;-1. The number of nitrogens with two attached hydrogens (primary N) is 1. The molecule has 2 aliphatic heterocycles. The van der Waals surface area contributed by atoms with Crippen LogP contribution < -0.4 is 35.3 Å². The Kier molecular flexibility index (Phi) is 4.51. The Balaban J connectivity index is 0.00000104. The van der Waals surface area contributed by atoms with E-state index < -0.39 is 32.4 Å². The minimum atomic E-state index is -4.16. The maximum Gasteiger partial charge on any atom is 1.00 e. The maximum absolute atomic E-state index is 11.6. The van der Waals surface area contributed by atoms with Gasteiger partial charge in [-0.15, -0.1) is 0 Å². The number of rotatable bonds is 2. The first-order valence-corrected chi connectivity index (χ1v) is 7.88. The van der Waals surface area contributed by atoms with E-state index in [0.717, 1.165) is 0 Å². The molecule has 11 nitrogen and oxygen atoms in total. The van der Waals surface area contributed by atoms with Crippen LogP contribution in [0, 0.1) is 0 Å². The van der Waals surface area contributed by atoms with Crippen molar-refractivity contribution in [2.24, 2.45) is 0 Å². The molecule has 4 heterocycles. The van der Waals surface area contributed by atoms with Crippen molar-refractivity contribution >= 4 is 24.8 Å². The van der Waals surface area contributed by atoms with Gasteiger partial charge < -0.3 is 21.9 Å². The summed E-state index contributed by atoms with van der Waals surface area (Å²) in [6.07, 6.45) is -0.668. The number of phosphoric acid groups is 1. The molecule has 2 fully saturated rings. The number of hydrogen-bond donors (Lipinski definition) is 3. The minimum Gasteiger partial charge on any atom is -1.00 e. The topological polar surface area (TPSA) is 155 Å². The molecule has 120 valence electrons. The smallest absolute Gasteiger partial charge is 1.00 e. The Hall–Kier alpha value is -0.620. The second-order valence-electron chi connectivity index (χ2n) is 4.94. The van der Waals surface area contributed by atoms with E-state index >= 15 is 0 Å². The Bertz CT molecular complexity index is 794. The summed E-state index contributed by atoms with van der Waals surface area (Å²) in [4.78, 5) is 21.5. The Labute approximate surface area is 153 Å². The zero-order chi connectivity index (χ0) is 15.5. The largest absolute Gasteiger partial charge is 1.00 e.